The number of nitrogens with zero attached hydrogens (tertiary/aromatic N) is 1. The molecule has 6 heteroatoms. The van der Waals surface area contributed by atoms with Crippen molar-refractivity contribution in [2.24, 2.45) is 0 Å². The summed E-state index contributed by atoms with van der Waals surface area (Å²) in [4.78, 5) is 16.6. The van der Waals surface area contributed by atoms with Crippen LogP contribution < -0.4 is 15.4 Å². The first-order chi connectivity index (χ1) is 13.4. The van der Waals surface area contributed by atoms with Crippen molar-refractivity contribution in [1.82, 2.24) is 4.98 Å². The van der Waals surface area contributed by atoms with Crippen LogP contribution in [-0.4, -0.2) is 18.0 Å². The van der Waals surface area contributed by atoms with Gasteiger partial charge in [0.25, 0.3) is 0 Å². The van der Waals surface area contributed by atoms with E-state index >= 15 is 0 Å². The maximum Gasteiger partial charge on any atom is 0.228 e. The number of rotatable bonds is 6. The van der Waals surface area contributed by atoms with Crippen molar-refractivity contribution in [3.8, 4) is 5.75 Å². The molecule has 0 unspecified atom stereocenters. The van der Waals surface area contributed by atoms with Gasteiger partial charge in [0, 0.05) is 11.1 Å². The Morgan fingerprint density at radius 2 is 1.96 bits per heavy atom. The van der Waals surface area contributed by atoms with Crippen LogP contribution in [0.3, 0.4) is 0 Å². The Labute approximate surface area is 169 Å². The standard InChI is InChI=1S/C22H22ClN3O2/c1-14-5-4-6-16(9-14)11-22(27)25-17-7-8-21(24-13-17)26-19-10-15(2)18(23)12-20(19)28-3/h4-10,12-13H,11H2,1-3H3,(H,24,26)(H,25,27). The third-order valence-corrected chi connectivity index (χ3v) is 4.65. The summed E-state index contributed by atoms with van der Waals surface area (Å²) in [5.41, 5.74) is 4.46. The van der Waals surface area contributed by atoms with Gasteiger partial charge in [-0.25, -0.2) is 4.98 Å². The maximum atomic E-state index is 12.2. The smallest absolute Gasteiger partial charge is 0.228 e. The molecule has 0 fully saturated rings. The molecule has 144 valence electrons. The van der Waals surface area contributed by atoms with Gasteiger partial charge in [-0.3, -0.25) is 4.79 Å². The second kappa shape index (κ2) is 8.76. The normalized spacial score (nSPS) is 10.4. The number of aromatic nitrogens is 1. The number of pyridine rings is 1. The fourth-order valence-corrected chi connectivity index (χ4v) is 2.98. The lowest BCUT2D eigenvalue weighted by atomic mass is 10.1. The molecule has 1 amide bonds. The van der Waals surface area contributed by atoms with E-state index in [0.29, 0.717) is 28.7 Å². The van der Waals surface area contributed by atoms with E-state index in [4.69, 9.17) is 16.3 Å². The number of benzene rings is 2. The second-order valence-electron chi connectivity index (χ2n) is 6.57. The van der Waals surface area contributed by atoms with Gasteiger partial charge < -0.3 is 15.4 Å². The summed E-state index contributed by atoms with van der Waals surface area (Å²) in [5.74, 6) is 1.19. The average molecular weight is 396 g/mol. The van der Waals surface area contributed by atoms with E-state index in [2.05, 4.69) is 15.6 Å². The Morgan fingerprint density at radius 1 is 1.14 bits per heavy atom. The van der Waals surface area contributed by atoms with Gasteiger partial charge in [-0.05, 0) is 43.2 Å². The molecule has 2 aromatic carbocycles. The van der Waals surface area contributed by atoms with E-state index in [0.717, 1.165) is 22.4 Å². The maximum absolute atomic E-state index is 12.2. The summed E-state index contributed by atoms with van der Waals surface area (Å²) in [6.07, 6.45) is 1.94. The minimum atomic E-state index is -0.0805. The summed E-state index contributed by atoms with van der Waals surface area (Å²) in [6, 6.07) is 15.2. The quantitative estimate of drug-likeness (QED) is 0.595. The summed E-state index contributed by atoms with van der Waals surface area (Å²) in [6.45, 7) is 3.93. The minimum Gasteiger partial charge on any atom is -0.495 e. The SMILES string of the molecule is COc1cc(Cl)c(C)cc1Nc1ccc(NC(=O)Cc2cccc(C)c2)cn1. The summed E-state index contributed by atoms with van der Waals surface area (Å²) >= 11 is 6.14. The zero-order chi connectivity index (χ0) is 20.1. The van der Waals surface area contributed by atoms with E-state index in [-0.39, 0.29) is 5.91 Å². The van der Waals surface area contributed by atoms with E-state index in [1.807, 2.05) is 44.2 Å². The highest BCUT2D eigenvalue weighted by atomic mass is 35.5. The molecule has 0 saturated carbocycles. The van der Waals surface area contributed by atoms with Gasteiger partial charge in [0.15, 0.2) is 0 Å². The van der Waals surface area contributed by atoms with Crippen LogP contribution in [0.2, 0.25) is 5.02 Å². The molecule has 0 aliphatic rings. The van der Waals surface area contributed by atoms with Gasteiger partial charge >= 0.3 is 0 Å². The molecule has 1 aromatic heterocycles. The molecule has 1 heterocycles. The van der Waals surface area contributed by atoms with Gasteiger partial charge in [-0.1, -0.05) is 41.4 Å². The first kappa shape index (κ1) is 19.7. The van der Waals surface area contributed by atoms with E-state index < -0.39 is 0 Å². The number of hydrogen-bond donors (Lipinski definition) is 2. The van der Waals surface area contributed by atoms with Crippen LogP contribution in [0.5, 0.6) is 5.75 Å². The lowest BCUT2D eigenvalue weighted by Crippen LogP contribution is -2.14. The Kier molecular flexibility index (Phi) is 6.16. The number of anilines is 3. The Balaban J connectivity index is 1.65. The molecule has 0 radical (unpaired) electrons. The van der Waals surface area contributed by atoms with Crippen LogP contribution in [-0.2, 0) is 11.2 Å². The van der Waals surface area contributed by atoms with Crippen LogP contribution in [0.15, 0.2) is 54.7 Å². The van der Waals surface area contributed by atoms with Gasteiger partial charge in [0.1, 0.15) is 11.6 Å². The number of hydrogen-bond acceptors (Lipinski definition) is 4. The fraction of sp³-hybridized carbons (Fsp3) is 0.182. The molecular formula is C22H22ClN3O2. The van der Waals surface area contributed by atoms with Gasteiger partial charge in [0.2, 0.25) is 5.91 Å². The zero-order valence-electron chi connectivity index (χ0n) is 16.0. The molecule has 5 nitrogen and oxygen atoms in total. The van der Waals surface area contributed by atoms with Crippen molar-refractivity contribution in [2.75, 3.05) is 17.7 Å². The molecule has 0 atom stereocenters. The fourth-order valence-electron chi connectivity index (χ4n) is 2.82. The van der Waals surface area contributed by atoms with E-state index in [9.17, 15) is 4.79 Å². The van der Waals surface area contributed by atoms with Gasteiger partial charge in [0.05, 0.1) is 31.1 Å². The number of carbonyl (C=O) groups is 1. The average Bonchev–Trinajstić information content (AvgIpc) is 2.66. The number of aryl methyl sites for hydroxylation is 2. The first-order valence-corrected chi connectivity index (χ1v) is 9.25. The zero-order valence-corrected chi connectivity index (χ0v) is 16.8. The highest BCUT2D eigenvalue weighted by Crippen LogP contribution is 2.32. The molecule has 0 aliphatic carbocycles. The summed E-state index contributed by atoms with van der Waals surface area (Å²) < 4.78 is 5.36. The highest BCUT2D eigenvalue weighted by Gasteiger charge is 2.09. The van der Waals surface area contributed by atoms with E-state index in [1.54, 1.807) is 31.5 Å². The number of nitrogens with one attached hydrogen (secondary N) is 2. The number of carbonyl (C=O) groups excluding carboxylic acids is 1. The Hall–Kier alpha value is -3.05. The molecule has 2 N–H and O–H groups in total. The Bertz CT molecular complexity index is 988. The number of methoxy groups -OCH3 is 1. The summed E-state index contributed by atoms with van der Waals surface area (Å²) in [5, 5.41) is 6.72. The molecule has 0 spiro atoms. The largest absolute Gasteiger partial charge is 0.495 e. The predicted octanol–water partition coefficient (Wildman–Crippen LogP) is 5.29. The third-order valence-electron chi connectivity index (χ3n) is 4.24. The lowest BCUT2D eigenvalue weighted by Gasteiger charge is -2.13. The molecule has 28 heavy (non-hydrogen) atoms. The van der Waals surface area contributed by atoms with Crippen LogP contribution >= 0.6 is 11.6 Å². The van der Waals surface area contributed by atoms with Crippen LogP contribution in [0.1, 0.15) is 16.7 Å². The number of amides is 1. The van der Waals surface area contributed by atoms with Crippen molar-refractivity contribution < 1.29 is 9.53 Å². The topological polar surface area (TPSA) is 63.2 Å². The lowest BCUT2D eigenvalue weighted by molar-refractivity contribution is -0.115. The van der Waals surface area contributed by atoms with Crippen molar-refractivity contribution in [2.45, 2.75) is 20.3 Å². The number of ether oxygens (including phenoxy) is 1. The molecule has 3 rings (SSSR count). The van der Waals surface area contributed by atoms with Crippen molar-refractivity contribution in [1.29, 1.82) is 0 Å². The van der Waals surface area contributed by atoms with Crippen LogP contribution in [0.25, 0.3) is 0 Å². The highest BCUT2D eigenvalue weighted by molar-refractivity contribution is 6.31. The van der Waals surface area contributed by atoms with E-state index in [1.165, 1.54) is 0 Å². The van der Waals surface area contributed by atoms with Crippen molar-refractivity contribution in [3.63, 3.8) is 0 Å². The monoisotopic (exact) mass is 395 g/mol. The molecule has 0 aliphatic heterocycles. The van der Waals surface area contributed by atoms with Gasteiger partial charge in [-0.15, -0.1) is 0 Å². The second-order valence-corrected chi connectivity index (χ2v) is 6.98. The predicted molar refractivity (Wildman–Crippen MR) is 114 cm³/mol. The molecule has 0 saturated heterocycles. The minimum absolute atomic E-state index is 0.0805. The number of halogens is 1. The van der Waals surface area contributed by atoms with Crippen molar-refractivity contribution >= 4 is 34.7 Å². The molecular weight excluding hydrogens is 374 g/mol. The first-order valence-electron chi connectivity index (χ1n) is 8.87. The van der Waals surface area contributed by atoms with Crippen molar-refractivity contribution in [3.05, 3.63) is 76.4 Å². The van der Waals surface area contributed by atoms with Crippen LogP contribution in [0, 0.1) is 13.8 Å². The molecule has 3 aromatic rings. The van der Waals surface area contributed by atoms with Crippen LogP contribution in [0.4, 0.5) is 17.2 Å². The Morgan fingerprint density at radius 3 is 2.64 bits per heavy atom. The third kappa shape index (κ3) is 5.02. The molecule has 0 bridgehead atoms. The van der Waals surface area contributed by atoms with Gasteiger partial charge in [-0.2, -0.15) is 0 Å². The summed E-state index contributed by atoms with van der Waals surface area (Å²) in [7, 11) is 1.59.